The highest BCUT2D eigenvalue weighted by atomic mass is 32.1. The number of hydrogen-bond donors (Lipinski definition) is 0. The lowest BCUT2D eigenvalue weighted by atomic mass is 10.1. The van der Waals surface area contributed by atoms with Crippen LogP contribution in [-0.2, 0) is 6.42 Å². The topological polar surface area (TPSA) is 16.1 Å². The minimum atomic E-state index is -0.203. The third-order valence-electron chi connectivity index (χ3n) is 4.21. The quantitative estimate of drug-likeness (QED) is 0.800. The van der Waals surface area contributed by atoms with E-state index < -0.39 is 0 Å². The highest BCUT2D eigenvalue weighted by Crippen LogP contribution is 2.24. The summed E-state index contributed by atoms with van der Waals surface area (Å²) in [5.41, 5.74) is 1.76. The van der Waals surface area contributed by atoms with Gasteiger partial charge >= 0.3 is 0 Å². The Morgan fingerprint density at radius 1 is 1.27 bits per heavy atom. The Kier molecular flexibility index (Phi) is 5.21. The second-order valence-electron chi connectivity index (χ2n) is 6.31. The van der Waals surface area contributed by atoms with Crippen LogP contribution in [0.2, 0.25) is 0 Å². The third-order valence-corrected chi connectivity index (χ3v) is 5.08. The van der Waals surface area contributed by atoms with Crippen LogP contribution < -0.4 is 0 Å². The number of aromatic nitrogens is 1. The average molecular weight is 318 g/mol. The molecule has 2 aromatic rings. The Hall–Kier alpha value is -1.26. The van der Waals surface area contributed by atoms with Crippen LogP contribution in [0.15, 0.2) is 29.6 Å². The lowest BCUT2D eigenvalue weighted by Gasteiger charge is -2.28. The monoisotopic (exact) mass is 318 g/mol. The molecule has 0 saturated carbocycles. The van der Waals surface area contributed by atoms with Crippen molar-refractivity contribution in [2.24, 2.45) is 5.92 Å². The minimum Gasteiger partial charge on any atom is -0.303 e. The number of benzene rings is 1. The summed E-state index contributed by atoms with van der Waals surface area (Å²) in [6.07, 6.45) is 5.08. The van der Waals surface area contributed by atoms with E-state index in [0.29, 0.717) is 5.92 Å². The predicted molar refractivity (Wildman–Crippen MR) is 90.7 cm³/mol. The fourth-order valence-electron chi connectivity index (χ4n) is 3.13. The van der Waals surface area contributed by atoms with Crippen LogP contribution in [0.1, 0.15) is 31.2 Å². The van der Waals surface area contributed by atoms with Crippen LogP contribution in [0.25, 0.3) is 11.3 Å². The van der Waals surface area contributed by atoms with Crippen molar-refractivity contribution in [1.82, 2.24) is 9.88 Å². The van der Waals surface area contributed by atoms with Gasteiger partial charge in [0.1, 0.15) is 5.82 Å². The first kappa shape index (κ1) is 15.6. The zero-order valence-electron chi connectivity index (χ0n) is 13.1. The molecule has 1 aromatic heterocycles. The van der Waals surface area contributed by atoms with Gasteiger partial charge in [0, 0.05) is 23.9 Å². The molecule has 0 radical (unpaired) electrons. The predicted octanol–water partition coefficient (Wildman–Crippen LogP) is 4.61. The first-order valence-corrected chi connectivity index (χ1v) is 9.01. The molecule has 1 unspecified atom stereocenters. The second-order valence-corrected chi connectivity index (χ2v) is 7.25. The van der Waals surface area contributed by atoms with E-state index in [-0.39, 0.29) is 5.82 Å². The molecule has 22 heavy (non-hydrogen) atoms. The van der Waals surface area contributed by atoms with Gasteiger partial charge in [-0.1, -0.05) is 25.5 Å². The smallest absolute Gasteiger partial charge is 0.123 e. The van der Waals surface area contributed by atoms with E-state index in [2.05, 4.69) is 16.8 Å². The molecule has 0 spiro atoms. The lowest BCUT2D eigenvalue weighted by Crippen LogP contribution is -2.34. The number of nitrogens with zero attached hydrogens (tertiary/aromatic N) is 2. The van der Waals surface area contributed by atoms with Crippen molar-refractivity contribution in [1.29, 1.82) is 0 Å². The molecule has 0 aliphatic carbocycles. The summed E-state index contributed by atoms with van der Waals surface area (Å²) < 4.78 is 13.3. The highest BCUT2D eigenvalue weighted by Gasteiger charge is 2.15. The van der Waals surface area contributed by atoms with Gasteiger partial charge in [-0.25, -0.2) is 9.37 Å². The molecule has 1 aromatic carbocycles. The SMILES string of the molecule is CC(Cc1nc(-c2cccc(F)c2)cs1)CN1CCCCC1. The molecular weight excluding hydrogens is 295 g/mol. The Labute approximate surface area is 136 Å². The summed E-state index contributed by atoms with van der Waals surface area (Å²) in [5, 5.41) is 3.20. The lowest BCUT2D eigenvalue weighted by molar-refractivity contribution is 0.200. The van der Waals surface area contributed by atoms with Gasteiger partial charge in [0.15, 0.2) is 0 Å². The second kappa shape index (κ2) is 7.34. The largest absolute Gasteiger partial charge is 0.303 e. The van der Waals surface area contributed by atoms with E-state index in [9.17, 15) is 4.39 Å². The van der Waals surface area contributed by atoms with E-state index in [0.717, 1.165) is 29.2 Å². The Balaban J connectivity index is 1.59. The summed E-state index contributed by atoms with van der Waals surface area (Å²) in [7, 11) is 0. The maximum atomic E-state index is 13.3. The maximum Gasteiger partial charge on any atom is 0.123 e. The van der Waals surface area contributed by atoms with E-state index in [1.54, 1.807) is 23.5 Å². The Morgan fingerprint density at radius 3 is 2.86 bits per heavy atom. The Bertz CT molecular complexity index is 605. The van der Waals surface area contributed by atoms with Gasteiger partial charge in [-0.15, -0.1) is 11.3 Å². The van der Waals surface area contributed by atoms with Crippen molar-refractivity contribution < 1.29 is 4.39 Å². The van der Waals surface area contributed by atoms with Gasteiger partial charge in [-0.05, 0) is 44.0 Å². The van der Waals surface area contributed by atoms with Crippen molar-refractivity contribution in [3.05, 3.63) is 40.5 Å². The number of rotatable bonds is 5. The molecule has 0 bridgehead atoms. The highest BCUT2D eigenvalue weighted by molar-refractivity contribution is 7.09. The molecule has 3 rings (SSSR count). The van der Waals surface area contributed by atoms with Crippen molar-refractivity contribution in [3.63, 3.8) is 0 Å². The van der Waals surface area contributed by atoms with Gasteiger partial charge in [0.2, 0.25) is 0 Å². The van der Waals surface area contributed by atoms with E-state index in [1.165, 1.54) is 38.4 Å². The van der Waals surface area contributed by atoms with Crippen molar-refractivity contribution >= 4 is 11.3 Å². The number of thiazole rings is 1. The average Bonchev–Trinajstić information content (AvgIpc) is 2.96. The maximum absolute atomic E-state index is 13.3. The van der Waals surface area contributed by atoms with Crippen LogP contribution in [0.5, 0.6) is 0 Å². The first-order valence-electron chi connectivity index (χ1n) is 8.13. The third kappa shape index (κ3) is 4.14. The van der Waals surface area contributed by atoms with Crippen LogP contribution in [0.3, 0.4) is 0 Å². The minimum absolute atomic E-state index is 0.203. The van der Waals surface area contributed by atoms with Gasteiger partial charge in [0.25, 0.3) is 0 Å². The number of halogens is 1. The summed E-state index contributed by atoms with van der Waals surface area (Å²) in [6.45, 7) is 5.96. The fraction of sp³-hybridized carbons (Fsp3) is 0.500. The van der Waals surface area contributed by atoms with E-state index in [1.807, 2.05) is 11.4 Å². The van der Waals surface area contributed by atoms with Gasteiger partial charge < -0.3 is 4.90 Å². The normalized spacial score (nSPS) is 17.5. The molecule has 118 valence electrons. The number of hydrogen-bond acceptors (Lipinski definition) is 3. The van der Waals surface area contributed by atoms with Crippen LogP contribution >= 0.6 is 11.3 Å². The molecular formula is C18H23FN2S. The molecule has 2 heterocycles. The fourth-order valence-corrected chi connectivity index (χ4v) is 4.10. The summed E-state index contributed by atoms with van der Waals surface area (Å²) in [4.78, 5) is 7.27. The van der Waals surface area contributed by atoms with Crippen molar-refractivity contribution in [2.75, 3.05) is 19.6 Å². The Morgan fingerprint density at radius 2 is 2.09 bits per heavy atom. The molecule has 1 aliphatic rings. The number of likely N-dealkylation sites (tertiary alicyclic amines) is 1. The van der Waals surface area contributed by atoms with Crippen LogP contribution in [0.4, 0.5) is 4.39 Å². The summed E-state index contributed by atoms with van der Waals surface area (Å²) >= 11 is 1.69. The number of piperidine rings is 1. The van der Waals surface area contributed by atoms with E-state index >= 15 is 0 Å². The standard InChI is InChI=1S/C18H23FN2S/c1-14(12-21-8-3-2-4-9-21)10-18-20-17(13-22-18)15-6-5-7-16(19)11-15/h5-7,11,13-14H,2-4,8-10,12H2,1H3. The van der Waals surface area contributed by atoms with Crippen molar-refractivity contribution in [2.45, 2.75) is 32.6 Å². The first-order chi connectivity index (χ1) is 10.7. The van der Waals surface area contributed by atoms with Gasteiger partial charge in [-0.2, -0.15) is 0 Å². The molecule has 1 saturated heterocycles. The van der Waals surface area contributed by atoms with E-state index in [4.69, 9.17) is 0 Å². The summed E-state index contributed by atoms with van der Waals surface area (Å²) in [5.74, 6) is 0.412. The molecule has 0 N–H and O–H groups in total. The molecule has 1 atom stereocenters. The molecule has 1 fully saturated rings. The summed E-state index contributed by atoms with van der Waals surface area (Å²) in [6, 6.07) is 6.68. The van der Waals surface area contributed by atoms with Crippen molar-refractivity contribution in [3.8, 4) is 11.3 Å². The van der Waals surface area contributed by atoms with Gasteiger partial charge in [-0.3, -0.25) is 0 Å². The van der Waals surface area contributed by atoms with Crippen LogP contribution in [-0.4, -0.2) is 29.5 Å². The molecule has 0 amide bonds. The molecule has 4 heteroatoms. The zero-order chi connectivity index (χ0) is 15.4. The molecule has 2 nitrogen and oxygen atoms in total. The van der Waals surface area contributed by atoms with Crippen LogP contribution in [0, 0.1) is 11.7 Å². The van der Waals surface area contributed by atoms with Gasteiger partial charge in [0.05, 0.1) is 10.7 Å². The molecule has 1 aliphatic heterocycles. The zero-order valence-corrected chi connectivity index (χ0v) is 13.9.